The Hall–Kier alpha value is -4.37. The fourth-order valence-electron chi connectivity index (χ4n) is 3.93. The van der Waals surface area contributed by atoms with Gasteiger partial charge in [-0.15, -0.1) is 0 Å². The molecule has 0 saturated heterocycles. The van der Waals surface area contributed by atoms with Gasteiger partial charge < -0.3 is 29.7 Å². The molecule has 2 heterocycles. The summed E-state index contributed by atoms with van der Waals surface area (Å²) in [6, 6.07) is 5.53. The number of anilines is 4. The molecule has 2 N–H and O–H groups in total. The van der Waals surface area contributed by atoms with Crippen molar-refractivity contribution in [3.8, 4) is 17.0 Å². The molecule has 0 fully saturated rings. The lowest BCUT2D eigenvalue weighted by molar-refractivity contribution is -0.111. The van der Waals surface area contributed by atoms with Crippen LogP contribution in [0.1, 0.15) is 11.3 Å². The minimum atomic E-state index is -0.310. The number of hydrogen-bond acceptors (Lipinski definition) is 7. The van der Waals surface area contributed by atoms with Crippen LogP contribution in [0.3, 0.4) is 0 Å². The molecule has 3 aromatic rings. The van der Waals surface area contributed by atoms with E-state index >= 15 is 0 Å². The summed E-state index contributed by atoms with van der Waals surface area (Å²) in [5.74, 6) is 0.651. The molecule has 0 unspecified atom stereocenters. The Morgan fingerprint density at radius 1 is 1.14 bits per heavy atom. The zero-order valence-corrected chi connectivity index (χ0v) is 22.2. The highest BCUT2D eigenvalue weighted by molar-refractivity contribution is 6.02. The van der Waals surface area contributed by atoms with Gasteiger partial charge in [0.05, 0.1) is 29.9 Å². The molecular weight excluding hydrogens is 466 g/mol. The number of ether oxygens (including phenoxy) is 1. The number of nitrogens with zero attached hydrogens (tertiary/aromatic N) is 5. The molecule has 37 heavy (non-hydrogen) atoms. The molecule has 0 spiro atoms. The van der Waals surface area contributed by atoms with E-state index < -0.39 is 0 Å². The molecule has 1 aromatic carbocycles. The van der Waals surface area contributed by atoms with Gasteiger partial charge in [-0.25, -0.2) is 9.97 Å². The topological polar surface area (TPSA) is 87.5 Å². The van der Waals surface area contributed by atoms with Crippen molar-refractivity contribution in [3.63, 3.8) is 0 Å². The van der Waals surface area contributed by atoms with E-state index in [2.05, 4.69) is 45.2 Å². The van der Waals surface area contributed by atoms with Crippen LogP contribution in [0.2, 0.25) is 0 Å². The van der Waals surface area contributed by atoms with Crippen LogP contribution in [0.4, 0.5) is 23.0 Å². The maximum Gasteiger partial charge on any atom is 0.247 e. The summed E-state index contributed by atoms with van der Waals surface area (Å²) in [5.41, 5.74) is 5.57. The monoisotopic (exact) mass is 501 g/mol. The summed E-state index contributed by atoms with van der Waals surface area (Å²) < 4.78 is 7.67. The van der Waals surface area contributed by atoms with Crippen LogP contribution >= 0.6 is 0 Å². The van der Waals surface area contributed by atoms with E-state index in [-0.39, 0.29) is 5.91 Å². The number of carbonyl (C=O) groups excluding carboxylic acids is 1. The van der Waals surface area contributed by atoms with Crippen LogP contribution in [-0.4, -0.2) is 66.7 Å². The van der Waals surface area contributed by atoms with Crippen LogP contribution in [0.5, 0.6) is 5.75 Å². The van der Waals surface area contributed by atoms with Gasteiger partial charge in [0.2, 0.25) is 11.9 Å². The average molecular weight is 502 g/mol. The van der Waals surface area contributed by atoms with Gasteiger partial charge in [0, 0.05) is 62.5 Å². The van der Waals surface area contributed by atoms with Gasteiger partial charge in [0.15, 0.2) is 0 Å². The van der Waals surface area contributed by atoms with Crippen LogP contribution in [0.25, 0.3) is 23.4 Å². The number of rotatable bonds is 12. The lowest BCUT2D eigenvalue weighted by atomic mass is 10.1. The zero-order chi connectivity index (χ0) is 27.1. The SMILES string of the molecule is C=CC(=O)Nc1cc(Nc2nccc(-c3cn(C)c(C=C)c3C=C)n2)c(OC)cc1N(C)CCN(C)C. The van der Waals surface area contributed by atoms with E-state index in [1.54, 1.807) is 25.5 Å². The molecule has 1 amide bonds. The van der Waals surface area contributed by atoms with Crippen molar-refractivity contribution < 1.29 is 9.53 Å². The second-order valence-electron chi connectivity index (χ2n) is 8.74. The van der Waals surface area contributed by atoms with Gasteiger partial charge in [0.1, 0.15) is 5.75 Å². The van der Waals surface area contributed by atoms with Crippen molar-refractivity contribution in [1.82, 2.24) is 19.4 Å². The smallest absolute Gasteiger partial charge is 0.247 e. The minimum Gasteiger partial charge on any atom is -0.494 e. The maximum absolute atomic E-state index is 12.2. The third-order valence-electron chi connectivity index (χ3n) is 5.90. The summed E-state index contributed by atoms with van der Waals surface area (Å²) in [5, 5.41) is 6.15. The maximum atomic E-state index is 12.2. The third kappa shape index (κ3) is 6.25. The molecule has 0 bridgehead atoms. The molecule has 9 nitrogen and oxygen atoms in total. The minimum absolute atomic E-state index is 0.310. The van der Waals surface area contributed by atoms with Crippen molar-refractivity contribution in [2.45, 2.75) is 0 Å². The Bertz CT molecular complexity index is 1310. The zero-order valence-electron chi connectivity index (χ0n) is 22.2. The number of carbonyl (C=O) groups is 1. The van der Waals surface area contributed by atoms with Crippen molar-refractivity contribution in [2.75, 3.05) is 56.9 Å². The molecule has 0 aliphatic rings. The van der Waals surface area contributed by atoms with E-state index in [1.807, 2.05) is 57.2 Å². The standard InChI is InChI=1S/C28H35N7O2/c1-9-19-20(18-35(7)24(19)10-2)21-12-13-29-28(31-21)32-23-16-22(30-27(36)11-3)25(17-26(23)37-8)34(6)15-14-33(4)5/h9-13,16-18H,1-3,14-15H2,4-8H3,(H,30,36)(H,29,31,32). The number of methoxy groups -OCH3 is 1. The molecule has 0 atom stereocenters. The van der Waals surface area contributed by atoms with Crippen molar-refractivity contribution >= 4 is 41.1 Å². The van der Waals surface area contributed by atoms with Gasteiger partial charge in [-0.2, -0.15) is 0 Å². The lowest BCUT2D eigenvalue weighted by Gasteiger charge is -2.26. The Morgan fingerprint density at radius 2 is 1.89 bits per heavy atom. The highest BCUT2D eigenvalue weighted by Crippen LogP contribution is 2.38. The second-order valence-corrected chi connectivity index (χ2v) is 8.74. The Labute approximate surface area is 218 Å². The number of nitrogens with one attached hydrogen (secondary N) is 2. The van der Waals surface area contributed by atoms with Crippen LogP contribution in [0, 0.1) is 0 Å². The van der Waals surface area contributed by atoms with Gasteiger partial charge in [0.25, 0.3) is 0 Å². The molecule has 2 aromatic heterocycles. The average Bonchev–Trinajstić information content (AvgIpc) is 3.22. The third-order valence-corrected chi connectivity index (χ3v) is 5.90. The lowest BCUT2D eigenvalue weighted by Crippen LogP contribution is -2.29. The van der Waals surface area contributed by atoms with Crippen LogP contribution < -0.4 is 20.3 Å². The van der Waals surface area contributed by atoms with Crippen molar-refractivity contribution in [1.29, 1.82) is 0 Å². The van der Waals surface area contributed by atoms with E-state index in [4.69, 9.17) is 9.72 Å². The van der Waals surface area contributed by atoms with Crippen LogP contribution in [0.15, 0.2) is 56.4 Å². The molecule has 0 aliphatic heterocycles. The number of aromatic nitrogens is 3. The summed E-state index contributed by atoms with van der Waals surface area (Å²) in [4.78, 5) is 25.5. The first kappa shape index (κ1) is 27.2. The summed E-state index contributed by atoms with van der Waals surface area (Å²) in [7, 11) is 9.55. The largest absolute Gasteiger partial charge is 0.494 e. The van der Waals surface area contributed by atoms with Gasteiger partial charge in [-0.1, -0.05) is 25.8 Å². The highest BCUT2D eigenvalue weighted by atomic mass is 16.5. The summed E-state index contributed by atoms with van der Waals surface area (Å²) in [6.45, 7) is 13.0. The first-order valence-electron chi connectivity index (χ1n) is 11.8. The van der Waals surface area contributed by atoms with Crippen molar-refractivity contribution in [3.05, 3.63) is 67.7 Å². The van der Waals surface area contributed by atoms with E-state index in [0.717, 1.165) is 41.3 Å². The van der Waals surface area contributed by atoms with Crippen LogP contribution in [-0.2, 0) is 11.8 Å². The number of benzene rings is 1. The van der Waals surface area contributed by atoms with Gasteiger partial charge in [-0.05, 0) is 38.4 Å². The van der Waals surface area contributed by atoms with E-state index in [0.29, 0.717) is 23.1 Å². The highest BCUT2D eigenvalue weighted by Gasteiger charge is 2.17. The number of aryl methyl sites for hydroxylation is 1. The second kappa shape index (κ2) is 12.0. The molecule has 0 radical (unpaired) electrons. The summed E-state index contributed by atoms with van der Waals surface area (Å²) >= 11 is 0. The first-order chi connectivity index (χ1) is 17.7. The molecule has 194 valence electrons. The summed E-state index contributed by atoms with van der Waals surface area (Å²) in [6.07, 6.45) is 8.51. The predicted octanol–water partition coefficient (Wildman–Crippen LogP) is 4.64. The normalized spacial score (nSPS) is 10.6. The van der Waals surface area contributed by atoms with Gasteiger partial charge >= 0.3 is 0 Å². The molecule has 3 rings (SSSR count). The molecule has 9 heteroatoms. The number of amides is 1. The van der Waals surface area contributed by atoms with E-state index in [1.165, 1.54) is 6.08 Å². The predicted molar refractivity (Wildman–Crippen MR) is 154 cm³/mol. The Balaban J connectivity index is 2.02. The first-order valence-corrected chi connectivity index (χ1v) is 11.8. The molecule has 0 saturated carbocycles. The fourth-order valence-corrected chi connectivity index (χ4v) is 3.93. The fraction of sp³-hybridized carbons (Fsp3) is 0.250. The Morgan fingerprint density at radius 3 is 2.51 bits per heavy atom. The molecule has 0 aliphatic carbocycles. The molecular formula is C28H35N7O2. The van der Waals surface area contributed by atoms with Crippen molar-refractivity contribution in [2.24, 2.45) is 7.05 Å². The quantitative estimate of drug-likeness (QED) is 0.350. The van der Waals surface area contributed by atoms with E-state index in [9.17, 15) is 4.79 Å². The number of likely N-dealkylation sites (N-methyl/N-ethyl adjacent to an activating group) is 2. The number of hydrogen-bond donors (Lipinski definition) is 2. The van der Waals surface area contributed by atoms with Gasteiger partial charge in [-0.3, -0.25) is 4.79 Å². The Kier molecular flexibility index (Phi) is 8.86.